The van der Waals surface area contributed by atoms with Gasteiger partial charge in [0.15, 0.2) is 0 Å². The molecule has 2 heterocycles. The number of methoxy groups -OCH3 is 1. The van der Waals surface area contributed by atoms with E-state index in [-0.39, 0.29) is 11.9 Å². The van der Waals surface area contributed by atoms with Crippen molar-refractivity contribution in [3.05, 3.63) is 47.8 Å². The fourth-order valence-electron chi connectivity index (χ4n) is 2.91. The number of hydrogen-bond donors (Lipinski definition) is 0. The Bertz CT molecular complexity index is 633. The number of nitrogens with zero attached hydrogens (tertiary/aromatic N) is 3. The third-order valence-corrected chi connectivity index (χ3v) is 4.05. The van der Waals surface area contributed by atoms with Crippen LogP contribution in [-0.4, -0.2) is 34.2 Å². The van der Waals surface area contributed by atoms with E-state index in [1.807, 2.05) is 29.2 Å². The van der Waals surface area contributed by atoms with Crippen molar-refractivity contribution < 1.29 is 9.53 Å². The maximum Gasteiger partial charge on any atom is 0.272 e. The van der Waals surface area contributed by atoms with Crippen molar-refractivity contribution in [1.29, 1.82) is 0 Å². The van der Waals surface area contributed by atoms with Gasteiger partial charge in [0.25, 0.3) is 5.91 Å². The van der Waals surface area contributed by atoms with Crippen LogP contribution < -0.4 is 4.74 Å². The summed E-state index contributed by atoms with van der Waals surface area (Å²) in [5.74, 6) is 0.884. The topological polar surface area (TPSA) is 47.4 Å². The van der Waals surface area contributed by atoms with Gasteiger partial charge in [-0.1, -0.05) is 12.1 Å². The molecule has 1 aromatic carbocycles. The molecule has 5 nitrogen and oxygen atoms in total. The summed E-state index contributed by atoms with van der Waals surface area (Å²) in [6.45, 7) is 0.792. The van der Waals surface area contributed by atoms with Gasteiger partial charge in [-0.15, -0.1) is 0 Å². The van der Waals surface area contributed by atoms with Crippen molar-refractivity contribution in [3.63, 3.8) is 0 Å². The molecule has 1 saturated heterocycles. The minimum atomic E-state index is 0.0494. The number of amides is 1. The molecule has 3 rings (SSSR count). The molecular weight excluding hydrogens is 266 g/mol. The van der Waals surface area contributed by atoms with E-state index in [1.165, 1.54) is 0 Å². The summed E-state index contributed by atoms with van der Waals surface area (Å²) in [6.07, 6.45) is 3.68. The Morgan fingerprint density at radius 3 is 2.67 bits per heavy atom. The average molecular weight is 285 g/mol. The molecule has 5 heteroatoms. The van der Waals surface area contributed by atoms with Crippen LogP contribution in [0.2, 0.25) is 0 Å². The molecule has 0 aliphatic carbocycles. The Balaban J connectivity index is 1.85. The Morgan fingerprint density at radius 2 is 2.05 bits per heavy atom. The van der Waals surface area contributed by atoms with Crippen LogP contribution in [-0.2, 0) is 7.05 Å². The molecule has 21 heavy (non-hydrogen) atoms. The van der Waals surface area contributed by atoms with Gasteiger partial charge in [0.1, 0.15) is 11.4 Å². The van der Waals surface area contributed by atoms with Crippen molar-refractivity contribution in [1.82, 2.24) is 14.7 Å². The number of rotatable bonds is 3. The number of carbonyl (C=O) groups excluding carboxylic acids is 1. The number of carbonyl (C=O) groups is 1. The monoisotopic (exact) mass is 285 g/mol. The van der Waals surface area contributed by atoms with Gasteiger partial charge in [0.2, 0.25) is 0 Å². The van der Waals surface area contributed by atoms with E-state index in [0.717, 1.165) is 30.7 Å². The van der Waals surface area contributed by atoms with Crippen LogP contribution in [0.5, 0.6) is 5.75 Å². The summed E-state index contributed by atoms with van der Waals surface area (Å²) in [5.41, 5.74) is 1.79. The van der Waals surface area contributed by atoms with Gasteiger partial charge in [-0.05, 0) is 36.6 Å². The first-order valence-electron chi connectivity index (χ1n) is 7.13. The third-order valence-electron chi connectivity index (χ3n) is 4.05. The van der Waals surface area contributed by atoms with Crippen LogP contribution in [0.25, 0.3) is 0 Å². The molecule has 1 atom stereocenters. The molecule has 110 valence electrons. The van der Waals surface area contributed by atoms with Gasteiger partial charge in [-0.3, -0.25) is 9.48 Å². The minimum Gasteiger partial charge on any atom is -0.497 e. The zero-order valence-corrected chi connectivity index (χ0v) is 12.3. The highest BCUT2D eigenvalue weighted by atomic mass is 16.5. The highest BCUT2D eigenvalue weighted by Crippen LogP contribution is 2.33. The molecule has 1 unspecified atom stereocenters. The predicted octanol–water partition coefficient (Wildman–Crippen LogP) is 2.41. The molecule has 0 bridgehead atoms. The molecule has 0 N–H and O–H groups in total. The van der Waals surface area contributed by atoms with E-state index < -0.39 is 0 Å². The number of hydrogen-bond acceptors (Lipinski definition) is 3. The zero-order valence-electron chi connectivity index (χ0n) is 12.3. The van der Waals surface area contributed by atoms with E-state index in [4.69, 9.17) is 4.74 Å². The van der Waals surface area contributed by atoms with Gasteiger partial charge in [-0.25, -0.2) is 0 Å². The lowest BCUT2D eigenvalue weighted by atomic mass is 10.0. The fraction of sp³-hybridized carbons (Fsp3) is 0.375. The van der Waals surface area contributed by atoms with Gasteiger partial charge >= 0.3 is 0 Å². The number of benzene rings is 1. The van der Waals surface area contributed by atoms with Crippen LogP contribution >= 0.6 is 0 Å². The maximum absolute atomic E-state index is 12.7. The summed E-state index contributed by atoms with van der Waals surface area (Å²) in [4.78, 5) is 14.6. The minimum absolute atomic E-state index is 0.0494. The third kappa shape index (κ3) is 2.51. The Kier molecular flexibility index (Phi) is 3.64. The SMILES string of the molecule is COc1ccc(C2CCCN2C(=O)c2ccnn2C)cc1. The summed E-state index contributed by atoms with van der Waals surface area (Å²) >= 11 is 0. The average Bonchev–Trinajstić information content (AvgIpc) is 3.15. The molecular formula is C16H19N3O2. The maximum atomic E-state index is 12.7. The zero-order chi connectivity index (χ0) is 14.8. The summed E-state index contributed by atoms with van der Waals surface area (Å²) < 4.78 is 6.82. The van der Waals surface area contributed by atoms with E-state index >= 15 is 0 Å². The summed E-state index contributed by atoms with van der Waals surface area (Å²) in [7, 11) is 3.45. The molecule has 1 amide bonds. The van der Waals surface area contributed by atoms with Crippen LogP contribution in [0.1, 0.15) is 34.9 Å². The van der Waals surface area contributed by atoms with Gasteiger partial charge < -0.3 is 9.64 Å². The van der Waals surface area contributed by atoms with Crippen molar-refractivity contribution >= 4 is 5.91 Å². The molecule has 1 aliphatic rings. The number of aromatic nitrogens is 2. The molecule has 1 fully saturated rings. The van der Waals surface area contributed by atoms with E-state index in [9.17, 15) is 4.79 Å². The number of aryl methyl sites for hydroxylation is 1. The first-order valence-corrected chi connectivity index (χ1v) is 7.13. The van der Waals surface area contributed by atoms with Crippen LogP contribution in [0.15, 0.2) is 36.5 Å². The largest absolute Gasteiger partial charge is 0.497 e. The molecule has 0 saturated carbocycles. The van der Waals surface area contributed by atoms with Crippen molar-refractivity contribution in [3.8, 4) is 5.75 Å². The van der Waals surface area contributed by atoms with Gasteiger partial charge in [-0.2, -0.15) is 5.10 Å². The Hall–Kier alpha value is -2.30. The van der Waals surface area contributed by atoms with Crippen LogP contribution in [0.3, 0.4) is 0 Å². The smallest absolute Gasteiger partial charge is 0.272 e. The second-order valence-corrected chi connectivity index (χ2v) is 5.27. The predicted molar refractivity (Wildman–Crippen MR) is 79.2 cm³/mol. The molecule has 1 aliphatic heterocycles. The Labute approximate surface area is 124 Å². The first-order chi connectivity index (χ1) is 10.2. The lowest BCUT2D eigenvalue weighted by molar-refractivity contribution is 0.0724. The fourth-order valence-corrected chi connectivity index (χ4v) is 2.91. The van der Waals surface area contributed by atoms with Crippen LogP contribution in [0.4, 0.5) is 0 Å². The molecule has 0 radical (unpaired) electrons. The number of ether oxygens (including phenoxy) is 1. The second-order valence-electron chi connectivity index (χ2n) is 5.27. The molecule has 0 spiro atoms. The standard InChI is InChI=1S/C16H19N3O2/c1-18-15(9-10-17-18)16(20)19-11-3-4-14(19)12-5-7-13(21-2)8-6-12/h5-10,14H,3-4,11H2,1-2H3. The highest BCUT2D eigenvalue weighted by Gasteiger charge is 2.31. The summed E-state index contributed by atoms with van der Waals surface area (Å²) in [6, 6.07) is 9.88. The summed E-state index contributed by atoms with van der Waals surface area (Å²) in [5, 5.41) is 4.08. The van der Waals surface area contributed by atoms with Gasteiger partial charge in [0, 0.05) is 19.8 Å². The Morgan fingerprint density at radius 1 is 1.29 bits per heavy atom. The number of likely N-dealkylation sites (tertiary alicyclic amines) is 1. The van der Waals surface area contributed by atoms with Crippen molar-refractivity contribution in [2.75, 3.05) is 13.7 Å². The van der Waals surface area contributed by atoms with E-state index in [0.29, 0.717) is 5.69 Å². The quantitative estimate of drug-likeness (QED) is 0.870. The van der Waals surface area contributed by atoms with Crippen LogP contribution in [0, 0.1) is 0 Å². The van der Waals surface area contributed by atoms with Gasteiger partial charge in [0.05, 0.1) is 13.2 Å². The second kappa shape index (κ2) is 5.60. The molecule has 1 aromatic heterocycles. The molecule has 2 aromatic rings. The van der Waals surface area contributed by atoms with E-state index in [2.05, 4.69) is 5.10 Å². The van der Waals surface area contributed by atoms with Crippen molar-refractivity contribution in [2.45, 2.75) is 18.9 Å². The highest BCUT2D eigenvalue weighted by molar-refractivity contribution is 5.93. The van der Waals surface area contributed by atoms with Crippen molar-refractivity contribution in [2.24, 2.45) is 7.05 Å². The normalized spacial score (nSPS) is 18.0. The van der Waals surface area contributed by atoms with E-state index in [1.54, 1.807) is 31.1 Å². The lowest BCUT2D eigenvalue weighted by Crippen LogP contribution is -2.32. The lowest BCUT2D eigenvalue weighted by Gasteiger charge is -2.25. The first kappa shape index (κ1) is 13.7.